The van der Waals surface area contributed by atoms with E-state index in [0.717, 1.165) is 43.5 Å². The highest BCUT2D eigenvalue weighted by Gasteiger charge is 2.36. The fourth-order valence-electron chi connectivity index (χ4n) is 5.40. The van der Waals surface area contributed by atoms with Gasteiger partial charge < -0.3 is 26.0 Å². The third-order valence-electron chi connectivity index (χ3n) is 7.69. The van der Waals surface area contributed by atoms with Gasteiger partial charge in [-0.25, -0.2) is 10.4 Å². The van der Waals surface area contributed by atoms with Crippen molar-refractivity contribution in [1.82, 2.24) is 9.88 Å². The van der Waals surface area contributed by atoms with Crippen molar-refractivity contribution in [2.45, 2.75) is 58.5 Å². The summed E-state index contributed by atoms with van der Waals surface area (Å²) in [6.45, 7) is 7.62. The largest absolute Gasteiger partial charge is 0.439 e. The summed E-state index contributed by atoms with van der Waals surface area (Å²) in [5.41, 5.74) is 11.6. The summed E-state index contributed by atoms with van der Waals surface area (Å²) in [4.78, 5) is 31.8. The molecule has 2 aromatic carbocycles. The number of likely N-dealkylation sites (tertiary alicyclic amines) is 1. The number of nitrogens with zero attached hydrogens (tertiary/aromatic N) is 2. The molecule has 0 unspecified atom stereocenters. The Labute approximate surface area is 241 Å². The van der Waals surface area contributed by atoms with Crippen LogP contribution in [-0.2, 0) is 9.53 Å². The molecular weight excluding hydrogens is 516 g/mol. The molecule has 9 heteroatoms. The molecule has 2 fully saturated rings. The molecule has 41 heavy (non-hydrogen) atoms. The zero-order valence-electron chi connectivity index (χ0n) is 23.9. The number of nitrogens with two attached hydrogens (primary N) is 2. The molecule has 2 heterocycles. The van der Waals surface area contributed by atoms with Gasteiger partial charge in [0.1, 0.15) is 11.9 Å². The number of benzene rings is 2. The number of anilines is 4. The number of hydrogen-bond donors (Lipinski definition) is 4. The van der Waals surface area contributed by atoms with Crippen LogP contribution in [0.3, 0.4) is 0 Å². The molecule has 1 aliphatic carbocycles. The smallest absolute Gasteiger partial charge is 0.372 e. The van der Waals surface area contributed by atoms with E-state index in [1.807, 2.05) is 29.2 Å². The van der Waals surface area contributed by atoms with Crippen LogP contribution in [0.15, 0.2) is 54.7 Å². The number of pyridine rings is 1. The first-order valence-corrected chi connectivity index (χ1v) is 14.3. The summed E-state index contributed by atoms with van der Waals surface area (Å²) in [6, 6.07) is 14.9. The molecule has 3 aromatic rings. The SMILES string of the molecule is Cc1cc(NC(=O)c2cccc(Nc3ccnc(N)c3C(=[NH2+])O[C@@H]3CCCN(C(=O)C4CC4)C3)c2)ccc1C(C)C. The van der Waals surface area contributed by atoms with Gasteiger partial charge in [0.05, 0.1) is 12.2 Å². The second kappa shape index (κ2) is 12.0. The molecular formula is C32H39N6O3+. The minimum absolute atomic E-state index is 0.151. The lowest BCUT2D eigenvalue weighted by Gasteiger charge is -2.32. The van der Waals surface area contributed by atoms with Crippen LogP contribution in [0.25, 0.3) is 0 Å². The van der Waals surface area contributed by atoms with Gasteiger partial charge in [-0.2, -0.15) is 0 Å². The Morgan fingerprint density at radius 1 is 1.10 bits per heavy atom. The Kier molecular flexibility index (Phi) is 8.23. The van der Waals surface area contributed by atoms with Gasteiger partial charge in [0.25, 0.3) is 5.91 Å². The lowest BCUT2D eigenvalue weighted by Crippen LogP contribution is -2.49. The van der Waals surface area contributed by atoms with E-state index in [-0.39, 0.29) is 35.6 Å². The highest BCUT2D eigenvalue weighted by Crippen LogP contribution is 2.32. The number of carbonyl (C=O) groups is 2. The molecule has 214 valence electrons. The van der Waals surface area contributed by atoms with Crippen molar-refractivity contribution in [3.05, 3.63) is 77.0 Å². The van der Waals surface area contributed by atoms with E-state index in [0.29, 0.717) is 35.0 Å². The molecule has 2 aliphatic rings. The molecule has 1 aliphatic heterocycles. The summed E-state index contributed by atoms with van der Waals surface area (Å²) in [7, 11) is 0. The number of amides is 2. The number of aromatic nitrogens is 1. The van der Waals surface area contributed by atoms with Crippen LogP contribution < -0.4 is 21.8 Å². The maximum Gasteiger partial charge on any atom is 0.372 e. The zero-order chi connectivity index (χ0) is 29.1. The van der Waals surface area contributed by atoms with Crippen LogP contribution in [0.1, 0.15) is 72.5 Å². The Balaban J connectivity index is 1.28. The Hall–Kier alpha value is -4.40. The zero-order valence-corrected chi connectivity index (χ0v) is 23.9. The van der Waals surface area contributed by atoms with E-state index in [2.05, 4.69) is 42.5 Å². The fourth-order valence-corrected chi connectivity index (χ4v) is 5.40. The number of nitrogen functional groups attached to an aromatic ring is 1. The lowest BCUT2D eigenvalue weighted by molar-refractivity contribution is -0.150. The van der Waals surface area contributed by atoms with E-state index in [4.69, 9.17) is 15.9 Å². The minimum Gasteiger partial charge on any atom is -0.439 e. The number of aryl methyl sites for hydroxylation is 1. The van der Waals surface area contributed by atoms with Gasteiger partial charge >= 0.3 is 5.90 Å². The van der Waals surface area contributed by atoms with Gasteiger partial charge in [-0.1, -0.05) is 26.0 Å². The first-order chi connectivity index (χ1) is 19.7. The van der Waals surface area contributed by atoms with Crippen molar-refractivity contribution < 1.29 is 19.7 Å². The standard InChI is InChI=1S/C32H38N6O3/c1-19(2)26-12-11-24(16-20(26)3)37-31(39)22-6-4-7-23(17-22)36-27-13-14-35-29(33)28(27)30(34)41-25-8-5-15-38(18-25)32(40)21-9-10-21/h4,6-7,11-14,16-17,19,21,25,34H,5,8-10,15,18H2,1-3H3,(H,37,39)(H3,33,35,36)/p+1/t25-/m1/s1. The van der Waals surface area contributed by atoms with Crippen molar-refractivity contribution in [3.8, 4) is 0 Å². The third kappa shape index (κ3) is 6.67. The molecule has 9 nitrogen and oxygen atoms in total. The number of nitrogens with one attached hydrogen (secondary N) is 2. The lowest BCUT2D eigenvalue weighted by atomic mass is 9.97. The number of ether oxygens (including phenoxy) is 1. The summed E-state index contributed by atoms with van der Waals surface area (Å²) >= 11 is 0. The van der Waals surface area contributed by atoms with Crippen LogP contribution in [-0.4, -0.2) is 46.8 Å². The predicted molar refractivity (Wildman–Crippen MR) is 161 cm³/mol. The molecule has 1 saturated heterocycles. The van der Waals surface area contributed by atoms with Crippen LogP contribution in [0.2, 0.25) is 0 Å². The van der Waals surface area contributed by atoms with E-state index >= 15 is 0 Å². The van der Waals surface area contributed by atoms with Gasteiger partial charge in [-0.3, -0.25) is 9.59 Å². The first-order valence-electron chi connectivity index (χ1n) is 14.3. The van der Waals surface area contributed by atoms with Gasteiger partial charge in [-0.05, 0) is 86.1 Å². The normalized spacial score (nSPS) is 16.8. The number of hydrogen-bond acceptors (Lipinski definition) is 6. The minimum atomic E-state index is -0.218. The van der Waals surface area contributed by atoms with Crippen LogP contribution in [0.4, 0.5) is 22.9 Å². The predicted octanol–water partition coefficient (Wildman–Crippen LogP) is 4.01. The number of piperidine rings is 1. The molecule has 5 rings (SSSR count). The van der Waals surface area contributed by atoms with Gasteiger partial charge in [0, 0.05) is 35.6 Å². The summed E-state index contributed by atoms with van der Waals surface area (Å²) in [5.74, 6) is 0.970. The maximum absolute atomic E-state index is 13.1. The van der Waals surface area contributed by atoms with Crippen molar-refractivity contribution in [1.29, 1.82) is 0 Å². The quantitative estimate of drug-likeness (QED) is 0.245. The highest BCUT2D eigenvalue weighted by atomic mass is 16.5. The molecule has 6 N–H and O–H groups in total. The third-order valence-corrected chi connectivity index (χ3v) is 7.69. The maximum atomic E-state index is 13.1. The molecule has 0 radical (unpaired) electrons. The second-order valence-corrected chi connectivity index (χ2v) is 11.3. The van der Waals surface area contributed by atoms with Crippen molar-refractivity contribution in [2.75, 3.05) is 29.5 Å². The molecule has 0 spiro atoms. The summed E-state index contributed by atoms with van der Waals surface area (Å²) < 4.78 is 6.15. The van der Waals surface area contributed by atoms with Crippen LogP contribution in [0, 0.1) is 12.8 Å². The topological polar surface area (TPSA) is 135 Å². The van der Waals surface area contributed by atoms with Crippen molar-refractivity contribution in [3.63, 3.8) is 0 Å². The Morgan fingerprint density at radius 2 is 1.90 bits per heavy atom. The van der Waals surface area contributed by atoms with E-state index in [9.17, 15) is 9.59 Å². The second-order valence-electron chi connectivity index (χ2n) is 11.3. The van der Waals surface area contributed by atoms with E-state index in [1.165, 1.54) is 5.56 Å². The number of carbonyl (C=O) groups excluding carboxylic acids is 2. The highest BCUT2D eigenvalue weighted by molar-refractivity contribution is 6.05. The van der Waals surface area contributed by atoms with Gasteiger partial charge in [-0.15, -0.1) is 0 Å². The Bertz CT molecular complexity index is 1470. The number of rotatable bonds is 8. The van der Waals surface area contributed by atoms with E-state index in [1.54, 1.807) is 24.4 Å². The summed E-state index contributed by atoms with van der Waals surface area (Å²) in [5, 5.41) is 12.8. The van der Waals surface area contributed by atoms with Crippen molar-refractivity contribution >= 4 is 40.6 Å². The van der Waals surface area contributed by atoms with Gasteiger partial charge in [0.2, 0.25) is 5.91 Å². The monoisotopic (exact) mass is 555 g/mol. The molecule has 1 atom stereocenters. The summed E-state index contributed by atoms with van der Waals surface area (Å²) in [6.07, 6.45) is 4.98. The Morgan fingerprint density at radius 3 is 2.63 bits per heavy atom. The first kappa shape index (κ1) is 28.1. The van der Waals surface area contributed by atoms with Gasteiger partial charge in [0.15, 0.2) is 5.56 Å². The molecule has 1 saturated carbocycles. The molecule has 2 amide bonds. The average molecular weight is 556 g/mol. The molecule has 1 aromatic heterocycles. The molecule has 0 bridgehead atoms. The fraction of sp³-hybridized carbons (Fsp3) is 0.375. The average Bonchev–Trinajstić information content (AvgIpc) is 3.78. The van der Waals surface area contributed by atoms with Crippen LogP contribution >= 0.6 is 0 Å². The van der Waals surface area contributed by atoms with Crippen molar-refractivity contribution in [2.24, 2.45) is 5.92 Å². The van der Waals surface area contributed by atoms with Crippen LogP contribution in [0.5, 0.6) is 0 Å². The van der Waals surface area contributed by atoms with E-state index < -0.39 is 0 Å².